The smallest absolute Gasteiger partial charge is 0.260 e. The van der Waals surface area contributed by atoms with Gasteiger partial charge < -0.3 is 0 Å². The molecule has 4 rings (SSSR count). The van der Waals surface area contributed by atoms with Gasteiger partial charge in [-0.15, -0.1) is 4.52 Å². The van der Waals surface area contributed by atoms with Gasteiger partial charge in [-0.3, -0.25) is 4.98 Å². The molecule has 6 nitrogen and oxygen atoms in total. The number of fused-ring (bicyclic) bond motifs is 3. The van der Waals surface area contributed by atoms with Gasteiger partial charge in [0.2, 0.25) is 0 Å². The summed E-state index contributed by atoms with van der Waals surface area (Å²) >= 11 is 0. The maximum absolute atomic E-state index is 12.6. The summed E-state index contributed by atoms with van der Waals surface area (Å²) in [5.41, 5.74) is 3.48. The average molecular weight is 278 g/mol. The molecule has 0 saturated heterocycles. The monoisotopic (exact) mass is 278 g/mol. The molecule has 0 atom stereocenters. The van der Waals surface area contributed by atoms with Crippen LogP contribution in [0.5, 0.6) is 0 Å². The third-order valence-corrected chi connectivity index (χ3v) is 3.49. The third-order valence-electron chi connectivity index (χ3n) is 3.49. The van der Waals surface area contributed by atoms with Gasteiger partial charge in [0.1, 0.15) is 5.52 Å². The zero-order valence-corrected chi connectivity index (χ0v) is 11.3. The van der Waals surface area contributed by atoms with Gasteiger partial charge in [0.25, 0.3) is 5.52 Å². The lowest BCUT2D eigenvalue weighted by molar-refractivity contribution is -0.556. The van der Waals surface area contributed by atoms with E-state index in [4.69, 9.17) is 0 Å². The van der Waals surface area contributed by atoms with Crippen molar-refractivity contribution < 1.29 is 4.52 Å². The van der Waals surface area contributed by atoms with Crippen LogP contribution in [0.1, 0.15) is 5.69 Å². The summed E-state index contributed by atoms with van der Waals surface area (Å²) in [5, 5.41) is 3.10. The van der Waals surface area contributed by atoms with E-state index >= 15 is 0 Å². The summed E-state index contributed by atoms with van der Waals surface area (Å²) < 4.78 is 3.25. The van der Waals surface area contributed by atoms with E-state index in [1.807, 2.05) is 37.3 Å². The summed E-state index contributed by atoms with van der Waals surface area (Å²) in [6.07, 6.45) is 3.31. The van der Waals surface area contributed by atoms with Crippen LogP contribution in [0.4, 0.5) is 0 Å². The topological polar surface area (TPSA) is 67.7 Å². The molecule has 102 valence electrons. The van der Waals surface area contributed by atoms with Crippen molar-refractivity contribution in [1.82, 2.24) is 19.9 Å². The van der Waals surface area contributed by atoms with Crippen LogP contribution >= 0.6 is 0 Å². The van der Waals surface area contributed by atoms with Crippen LogP contribution in [0.15, 0.2) is 53.6 Å². The summed E-state index contributed by atoms with van der Waals surface area (Å²) in [7, 11) is 0. The third kappa shape index (κ3) is 1.66. The van der Waals surface area contributed by atoms with Crippen molar-refractivity contribution in [3.05, 3.63) is 64.8 Å². The Morgan fingerprint density at radius 2 is 2.05 bits per heavy atom. The molecule has 0 saturated carbocycles. The van der Waals surface area contributed by atoms with Gasteiger partial charge >= 0.3 is 5.56 Å². The Morgan fingerprint density at radius 1 is 1.19 bits per heavy atom. The average Bonchev–Trinajstić information content (AvgIpc) is 2.87. The van der Waals surface area contributed by atoms with Gasteiger partial charge in [-0.05, 0) is 31.2 Å². The summed E-state index contributed by atoms with van der Waals surface area (Å²) in [4.78, 5) is 21.2. The normalized spacial score (nSPS) is 11.3. The molecule has 0 aliphatic heterocycles. The maximum Gasteiger partial charge on any atom is 0.408 e. The molecule has 0 aliphatic carbocycles. The van der Waals surface area contributed by atoms with Crippen LogP contribution < -0.4 is 10.1 Å². The fourth-order valence-corrected chi connectivity index (χ4v) is 2.53. The standard InChI is InChI=1S/C15H11N5O/c1-10-14-15(21)19(11-5-4-8-16-9-11)18-20(14)13-7-3-2-6-12(13)17-10/h2-9H,1H3/p+1. The molecule has 1 aromatic carbocycles. The number of pyridine rings is 1. The Balaban J connectivity index is 2.18. The molecule has 1 N–H and O–H groups in total. The minimum atomic E-state index is -0.140. The van der Waals surface area contributed by atoms with E-state index < -0.39 is 0 Å². The molecule has 3 aromatic heterocycles. The Hall–Kier alpha value is -3.02. The second kappa shape index (κ2) is 4.24. The molecule has 0 unspecified atom stereocenters. The molecule has 3 heterocycles. The van der Waals surface area contributed by atoms with Crippen molar-refractivity contribution >= 4 is 16.6 Å². The van der Waals surface area contributed by atoms with E-state index in [0.717, 1.165) is 11.0 Å². The fraction of sp³-hybridized carbons (Fsp3) is 0.0667. The molecular formula is C15H12N5O+. The van der Waals surface area contributed by atoms with Crippen LogP contribution in [0.2, 0.25) is 0 Å². The zero-order chi connectivity index (χ0) is 14.4. The molecule has 21 heavy (non-hydrogen) atoms. The van der Waals surface area contributed by atoms with Gasteiger partial charge in [0.05, 0.1) is 11.9 Å². The Morgan fingerprint density at radius 3 is 2.86 bits per heavy atom. The van der Waals surface area contributed by atoms with Gasteiger partial charge in [-0.1, -0.05) is 22.0 Å². The number of aryl methyl sites for hydroxylation is 1. The summed E-state index contributed by atoms with van der Waals surface area (Å²) in [5.74, 6) is 0. The quantitative estimate of drug-likeness (QED) is 0.531. The molecule has 6 heteroatoms. The predicted molar refractivity (Wildman–Crippen MR) is 77.4 cm³/mol. The van der Waals surface area contributed by atoms with Crippen molar-refractivity contribution in [1.29, 1.82) is 0 Å². The van der Waals surface area contributed by atoms with Crippen molar-refractivity contribution in [3.8, 4) is 5.69 Å². The van der Waals surface area contributed by atoms with Crippen molar-refractivity contribution in [2.24, 2.45) is 0 Å². The van der Waals surface area contributed by atoms with Crippen LogP contribution in [0, 0.1) is 6.92 Å². The molecule has 0 bridgehead atoms. The van der Waals surface area contributed by atoms with Gasteiger partial charge in [-0.2, -0.15) is 0 Å². The number of hydrogen-bond acceptors (Lipinski definition) is 3. The number of aromatic amines is 1. The zero-order valence-electron chi connectivity index (χ0n) is 11.3. The second-order valence-electron chi connectivity index (χ2n) is 4.82. The van der Waals surface area contributed by atoms with Gasteiger partial charge in [-0.25, -0.2) is 9.78 Å². The first-order valence-corrected chi connectivity index (χ1v) is 6.58. The number of rotatable bonds is 1. The molecular weight excluding hydrogens is 266 g/mol. The minimum Gasteiger partial charge on any atom is -0.260 e. The Bertz CT molecular complexity index is 1020. The lowest BCUT2D eigenvalue weighted by Gasteiger charge is -1.96. The molecule has 0 aliphatic rings. The molecule has 4 aromatic rings. The van der Waals surface area contributed by atoms with Crippen molar-refractivity contribution in [2.75, 3.05) is 0 Å². The van der Waals surface area contributed by atoms with Crippen molar-refractivity contribution in [3.63, 3.8) is 0 Å². The number of H-pyrrole nitrogens is 1. The van der Waals surface area contributed by atoms with E-state index in [0.29, 0.717) is 16.9 Å². The number of benzene rings is 1. The number of para-hydroxylation sites is 2. The molecule has 0 fully saturated rings. The largest absolute Gasteiger partial charge is 0.408 e. The first kappa shape index (κ1) is 11.8. The summed E-state index contributed by atoms with van der Waals surface area (Å²) in [6, 6.07) is 11.3. The number of aromatic nitrogens is 5. The number of hydrogen-bond donors (Lipinski definition) is 1. The van der Waals surface area contributed by atoms with Crippen LogP contribution in [0.3, 0.4) is 0 Å². The van der Waals surface area contributed by atoms with Crippen LogP contribution in [0.25, 0.3) is 22.2 Å². The Kier molecular flexibility index (Phi) is 2.38. The van der Waals surface area contributed by atoms with E-state index in [9.17, 15) is 4.79 Å². The summed E-state index contributed by atoms with van der Waals surface area (Å²) in [6.45, 7) is 1.84. The lowest BCUT2D eigenvalue weighted by atomic mass is 10.3. The first-order valence-electron chi connectivity index (χ1n) is 6.58. The fourth-order valence-electron chi connectivity index (χ4n) is 2.53. The highest BCUT2D eigenvalue weighted by Gasteiger charge is 2.22. The number of nitrogens with zero attached hydrogens (tertiary/aromatic N) is 4. The molecule has 0 radical (unpaired) electrons. The highest BCUT2D eigenvalue weighted by atomic mass is 16.1. The van der Waals surface area contributed by atoms with Gasteiger partial charge in [0.15, 0.2) is 11.2 Å². The molecule has 0 spiro atoms. The Labute approximate surface area is 119 Å². The van der Waals surface area contributed by atoms with Crippen LogP contribution in [-0.4, -0.2) is 19.9 Å². The lowest BCUT2D eigenvalue weighted by Crippen LogP contribution is -2.27. The highest BCUT2D eigenvalue weighted by Crippen LogP contribution is 2.10. The van der Waals surface area contributed by atoms with Crippen molar-refractivity contribution in [2.45, 2.75) is 6.92 Å². The van der Waals surface area contributed by atoms with E-state index in [1.54, 1.807) is 23.0 Å². The highest BCUT2D eigenvalue weighted by molar-refractivity contribution is 5.72. The first-order chi connectivity index (χ1) is 10.3. The minimum absolute atomic E-state index is 0.140. The maximum atomic E-state index is 12.6. The second-order valence-corrected chi connectivity index (χ2v) is 4.82. The molecule has 0 amide bonds. The van der Waals surface area contributed by atoms with Gasteiger partial charge in [0, 0.05) is 6.20 Å². The number of nitrogens with one attached hydrogen (secondary N) is 1. The van der Waals surface area contributed by atoms with E-state index in [1.165, 1.54) is 4.68 Å². The van der Waals surface area contributed by atoms with E-state index in [-0.39, 0.29) is 5.56 Å². The van der Waals surface area contributed by atoms with Crippen LogP contribution in [-0.2, 0) is 0 Å². The SMILES string of the molecule is Cc1nc2ccccc2[n+]2[nH]n(-c3cccnc3)c(=O)c12. The van der Waals surface area contributed by atoms with E-state index in [2.05, 4.69) is 15.2 Å². The predicted octanol–water partition coefficient (Wildman–Crippen LogP) is 1.16.